The van der Waals surface area contributed by atoms with E-state index in [-0.39, 0.29) is 15.5 Å². The third-order valence-electron chi connectivity index (χ3n) is 4.80. The molecule has 0 fully saturated rings. The molecule has 0 aliphatic rings. The van der Waals surface area contributed by atoms with E-state index in [0.717, 1.165) is 0 Å². The summed E-state index contributed by atoms with van der Waals surface area (Å²) in [6.45, 7) is 10.7. The highest BCUT2D eigenvalue weighted by atomic mass is 35.7. The van der Waals surface area contributed by atoms with Gasteiger partial charge in [0.2, 0.25) is 0 Å². The summed E-state index contributed by atoms with van der Waals surface area (Å²) in [4.78, 5) is 0. The van der Waals surface area contributed by atoms with E-state index in [1.165, 1.54) is 5.56 Å². The predicted molar refractivity (Wildman–Crippen MR) is 96.8 cm³/mol. The summed E-state index contributed by atoms with van der Waals surface area (Å²) in [7, 11) is -3.17. The average Bonchev–Trinajstić information content (AvgIpc) is 2.37. The van der Waals surface area contributed by atoms with Crippen LogP contribution in [0.2, 0.25) is 10.1 Å². The molecule has 20 heavy (non-hydrogen) atoms. The summed E-state index contributed by atoms with van der Waals surface area (Å²) < 4.78 is 0. The molecule has 2 radical (unpaired) electrons. The summed E-state index contributed by atoms with van der Waals surface area (Å²) in [5.74, 6) is 0. The molecule has 0 saturated carbocycles. The molecule has 0 atom stereocenters. The smallest absolute Gasteiger partial charge is 0.146 e. The molecule has 0 aromatic heterocycles. The van der Waals surface area contributed by atoms with Gasteiger partial charge in [-0.15, -0.1) is 44.3 Å². The van der Waals surface area contributed by atoms with E-state index in [9.17, 15) is 0 Å². The second kappa shape index (κ2) is 6.51. The molecular weight excluding hydrogens is 366 g/mol. The van der Waals surface area contributed by atoms with Crippen molar-refractivity contribution in [3.8, 4) is 0 Å². The van der Waals surface area contributed by atoms with Crippen molar-refractivity contribution in [1.82, 2.24) is 0 Å². The highest BCUT2D eigenvalue weighted by Gasteiger charge is 2.58. The molecule has 112 valence electrons. The second-order valence-corrected chi connectivity index (χ2v) is 15.5. The fourth-order valence-corrected chi connectivity index (χ4v) is 6.71. The Morgan fingerprint density at radius 3 is 1.35 bits per heavy atom. The van der Waals surface area contributed by atoms with E-state index < -0.39 is 14.8 Å². The molecule has 1 aromatic carbocycles. The minimum absolute atomic E-state index is 0.286. The van der Waals surface area contributed by atoms with Gasteiger partial charge in [-0.3, -0.25) is 0 Å². The molecule has 0 aliphatic carbocycles. The van der Waals surface area contributed by atoms with Gasteiger partial charge in [0.05, 0.1) is 0 Å². The summed E-state index contributed by atoms with van der Waals surface area (Å²) in [5, 5.41) is -0.573. The lowest BCUT2D eigenvalue weighted by Crippen LogP contribution is -2.50. The van der Waals surface area contributed by atoms with Crippen molar-refractivity contribution in [2.45, 2.75) is 50.1 Å². The van der Waals surface area contributed by atoms with Crippen LogP contribution in [0.1, 0.15) is 40.2 Å². The van der Waals surface area contributed by atoms with Gasteiger partial charge in [-0.2, -0.15) is 0 Å². The van der Waals surface area contributed by atoms with E-state index in [1.54, 1.807) is 0 Å². The van der Waals surface area contributed by atoms with E-state index in [1.807, 2.05) is 18.2 Å². The Labute approximate surface area is 144 Å². The molecule has 0 amide bonds. The van der Waals surface area contributed by atoms with Crippen LogP contribution in [0, 0.1) is 0 Å². The maximum atomic E-state index is 6.41. The Bertz CT molecular complexity index is 424. The van der Waals surface area contributed by atoms with Crippen LogP contribution in [-0.2, 0) is 5.41 Å². The zero-order valence-electron chi connectivity index (χ0n) is 12.4. The predicted octanol–water partition coefficient (Wildman–Crippen LogP) is 6.44. The fraction of sp³-hybridized carbons (Fsp3) is 0.571. The molecule has 0 unspecified atom stereocenters. The van der Waals surface area contributed by atoms with Crippen LogP contribution >= 0.6 is 44.3 Å². The molecule has 0 heterocycles. The van der Waals surface area contributed by atoms with Crippen LogP contribution in [0.15, 0.2) is 30.3 Å². The zero-order valence-corrected chi connectivity index (χ0v) is 17.4. The van der Waals surface area contributed by atoms with Gasteiger partial charge in [-0.05, 0) is 15.6 Å². The van der Waals surface area contributed by atoms with E-state index in [2.05, 4.69) is 46.8 Å². The molecule has 0 aliphatic heterocycles. The summed E-state index contributed by atoms with van der Waals surface area (Å²) in [5.41, 5.74) is 0.874. The molecular formula is C14H20Cl4Si2. The van der Waals surface area contributed by atoms with Crippen LogP contribution in [0.25, 0.3) is 0 Å². The summed E-state index contributed by atoms with van der Waals surface area (Å²) in [6.07, 6.45) is 0. The number of hydrogen-bond acceptors (Lipinski definition) is 0. The monoisotopic (exact) mass is 384 g/mol. The first-order valence-electron chi connectivity index (χ1n) is 6.42. The van der Waals surface area contributed by atoms with Gasteiger partial charge < -0.3 is 0 Å². The summed E-state index contributed by atoms with van der Waals surface area (Å²) >= 11 is 25.6. The first-order chi connectivity index (χ1) is 8.99. The Balaban J connectivity index is 3.59. The van der Waals surface area contributed by atoms with Crippen LogP contribution < -0.4 is 0 Å². The molecule has 1 aromatic rings. The van der Waals surface area contributed by atoms with Gasteiger partial charge in [0, 0.05) is 5.41 Å². The average molecular weight is 386 g/mol. The van der Waals surface area contributed by atoms with Crippen molar-refractivity contribution < 1.29 is 0 Å². The van der Waals surface area contributed by atoms with E-state index in [4.69, 9.17) is 44.3 Å². The topological polar surface area (TPSA) is 0 Å². The first kappa shape index (κ1) is 18.9. The van der Waals surface area contributed by atoms with Gasteiger partial charge in [-0.1, -0.05) is 65.0 Å². The minimum Gasteiger partial charge on any atom is -0.146 e. The maximum absolute atomic E-state index is 6.41. The van der Waals surface area contributed by atoms with Crippen LogP contribution in [0.5, 0.6) is 0 Å². The van der Waals surface area contributed by atoms with Crippen LogP contribution in [-0.4, -0.2) is 14.8 Å². The third kappa shape index (κ3) is 2.97. The van der Waals surface area contributed by atoms with Crippen molar-refractivity contribution in [3.63, 3.8) is 0 Å². The van der Waals surface area contributed by atoms with E-state index in [0.29, 0.717) is 0 Å². The highest BCUT2D eigenvalue weighted by Crippen LogP contribution is 2.64. The van der Waals surface area contributed by atoms with Crippen molar-refractivity contribution in [3.05, 3.63) is 35.9 Å². The van der Waals surface area contributed by atoms with Gasteiger partial charge in [0.25, 0.3) is 14.8 Å². The molecule has 0 spiro atoms. The quantitative estimate of drug-likeness (QED) is 0.404. The lowest BCUT2D eigenvalue weighted by molar-refractivity contribution is 0.270. The minimum atomic E-state index is -1.59. The zero-order chi connectivity index (χ0) is 15.8. The van der Waals surface area contributed by atoms with E-state index >= 15 is 0 Å². The van der Waals surface area contributed by atoms with Crippen molar-refractivity contribution >= 4 is 59.1 Å². The van der Waals surface area contributed by atoms with Gasteiger partial charge in [0.15, 0.2) is 0 Å². The largest absolute Gasteiger partial charge is 0.280 e. The van der Waals surface area contributed by atoms with Gasteiger partial charge in [0.1, 0.15) is 0 Å². The second-order valence-electron chi connectivity index (χ2n) is 6.26. The molecule has 0 nitrogen and oxygen atoms in total. The summed E-state index contributed by atoms with van der Waals surface area (Å²) in [6, 6.07) is 10.3. The molecule has 0 bridgehead atoms. The van der Waals surface area contributed by atoms with Crippen molar-refractivity contribution in [2.24, 2.45) is 0 Å². The lowest BCUT2D eigenvalue weighted by Gasteiger charge is -2.54. The van der Waals surface area contributed by atoms with Crippen molar-refractivity contribution in [2.75, 3.05) is 0 Å². The van der Waals surface area contributed by atoms with Gasteiger partial charge in [-0.25, -0.2) is 0 Å². The Morgan fingerprint density at radius 1 is 0.700 bits per heavy atom. The number of halogens is 4. The molecule has 6 heteroatoms. The number of rotatable bonds is 5. The normalized spacial score (nSPS) is 14.2. The standard InChI is InChI=1S/C14H20Cl4Si2/c1-12(2,19(15)16)14(5,13(3,4)20(17)18)11-9-7-6-8-10-11/h6-10H,1-5H3. The van der Waals surface area contributed by atoms with Crippen LogP contribution in [0.4, 0.5) is 0 Å². The lowest BCUT2D eigenvalue weighted by atomic mass is 9.64. The first-order valence-corrected chi connectivity index (χ1v) is 13.5. The Kier molecular flexibility index (Phi) is 6.14. The SMILES string of the molecule is CC(C)([Si](Cl)Cl)C(C)(c1ccccc1)C(C)(C)[Si](Cl)Cl. The Morgan fingerprint density at radius 2 is 1.05 bits per heavy atom. The molecule has 1 rings (SSSR count). The van der Waals surface area contributed by atoms with Crippen molar-refractivity contribution in [1.29, 1.82) is 0 Å². The maximum Gasteiger partial charge on any atom is 0.280 e. The number of hydrogen-bond donors (Lipinski definition) is 0. The molecule has 0 saturated heterocycles. The Hall–Kier alpha value is 0.814. The van der Waals surface area contributed by atoms with Gasteiger partial charge >= 0.3 is 0 Å². The molecule has 0 N–H and O–H groups in total. The fourth-order valence-electron chi connectivity index (χ4n) is 2.65. The third-order valence-corrected chi connectivity index (χ3v) is 13.4. The number of benzene rings is 1. The van der Waals surface area contributed by atoms with Crippen LogP contribution in [0.3, 0.4) is 0 Å². The highest BCUT2D eigenvalue weighted by molar-refractivity contribution is 7.36.